The van der Waals surface area contributed by atoms with Crippen LogP contribution < -0.4 is 0 Å². The summed E-state index contributed by atoms with van der Waals surface area (Å²) in [5.74, 6) is 0. The van der Waals surface area contributed by atoms with E-state index in [2.05, 4.69) is 473 Å². The smallest absolute Gasteiger partial charge is 0.136 e. The molecule has 0 aliphatic carbocycles. The van der Waals surface area contributed by atoms with Crippen LogP contribution in [-0.2, 0) is 0 Å². The van der Waals surface area contributed by atoms with Crippen molar-refractivity contribution in [2.45, 2.75) is 0 Å². The molecule has 8 aromatic heterocycles. The van der Waals surface area contributed by atoms with Crippen LogP contribution in [0.4, 0.5) is 0 Å². The summed E-state index contributed by atoms with van der Waals surface area (Å²) in [7, 11) is 0. The van der Waals surface area contributed by atoms with Gasteiger partial charge < -0.3 is 35.9 Å². The van der Waals surface area contributed by atoms with Crippen molar-refractivity contribution in [1.29, 1.82) is 0 Å². The third-order valence-electron chi connectivity index (χ3n) is 29.6. The number of aromatic nitrogens is 4. The number of para-hydroxylation sites is 3. The summed E-state index contributed by atoms with van der Waals surface area (Å²) in [6, 6.07) is 174. The second kappa shape index (κ2) is 30.4. The Balaban J connectivity index is 0.556. The van der Waals surface area contributed by atoms with Crippen molar-refractivity contribution in [3.8, 4) is 123 Å². The number of hydrogen-bond acceptors (Lipinski definition) is 4. The second-order valence-corrected chi connectivity index (χ2v) is 37.3. The quantitative estimate of drug-likeness (QED) is 0.115. The summed E-state index contributed by atoms with van der Waals surface area (Å²) in [5, 5.41) is 17.9. The highest BCUT2D eigenvalue weighted by Gasteiger charge is 2.28. The van der Waals surface area contributed by atoms with E-state index < -0.39 is 0 Å². The van der Waals surface area contributed by atoms with E-state index in [-0.39, 0.29) is 0 Å². The summed E-state index contributed by atoms with van der Waals surface area (Å²) < 4.78 is 36.4. The maximum atomic E-state index is 7.07. The number of fused-ring (bicyclic) bond motifs is 24. The molecule has 140 heavy (non-hydrogen) atoms. The number of benzene rings is 22. The molecule has 30 aromatic rings. The molecule has 30 rings (SSSR count). The SMILES string of the molecule is c1ccc(-c2ccc3c(c2)c2ccc(-c4ccc5c6cc(-c7cccc(-c8ccc9c(c8)oc8ccc(-n%10c%11ccc(-c%12ccccc%12)cc%11c%11cc(-c%12ccccc%12)c(-c%12cc%13c(cc%12-c%12ccccc%12)c%12cc(-c%14ccccc%14)ccc%12n%13-c%12ccc%13oc%14ccccc%14c%13c%12)cc%11%10)cc89)c7)ccc6n(-c6ccc7oc8ccccc8c7c6)c5c4)cc2n3-c2ccc3oc4ccccc4c3c2)cc1. The first kappa shape index (κ1) is 77.7. The molecule has 0 bridgehead atoms. The van der Waals surface area contributed by atoms with Gasteiger partial charge in [-0.1, -0.05) is 279 Å². The molecule has 22 aromatic carbocycles. The standard InChI is InChI=1S/C132H78N4O4/c1-6-23-79(24-7-1)86-44-55-117-107(64-86)97-52-41-90(68-121(97)133(117)93-48-59-128-113(71-93)99-35-16-19-38-125(99)137-128)91-42-53-98-108-67-89(47-58-118(108)134(122(98)69-91)94-49-60-129-114(72-94)100-36-17-20-39-126(100)138-129)84-33-22-34-85(63-84)92-43-54-102-116-74-96(51-62-131(116)140-132(102)70-92)136-120-57-46-88(81-27-10-3-11-28-81)66-110(120)112-76-104(83-31-14-5-15-32-83)106(78-124(112)136)105-77-123-111(75-103(105)82-29-12-4-13-30-82)109-65-87(80-25-8-2-9-26-80)45-56-119(109)135(123)95-50-61-130-115(73-95)101-37-18-21-40-127(101)139-130/h1-78H. The van der Waals surface area contributed by atoms with Crippen molar-refractivity contribution in [2.75, 3.05) is 0 Å². The van der Waals surface area contributed by atoms with Gasteiger partial charge >= 0.3 is 0 Å². The van der Waals surface area contributed by atoms with E-state index in [0.717, 1.165) is 265 Å². The molecule has 0 amide bonds. The van der Waals surface area contributed by atoms with Crippen molar-refractivity contribution in [3.05, 3.63) is 473 Å². The molecule has 650 valence electrons. The van der Waals surface area contributed by atoms with E-state index in [1.807, 2.05) is 18.2 Å². The highest BCUT2D eigenvalue weighted by molar-refractivity contribution is 6.21. The van der Waals surface area contributed by atoms with Crippen LogP contribution >= 0.6 is 0 Å². The van der Waals surface area contributed by atoms with Crippen LogP contribution in [0, 0.1) is 0 Å². The van der Waals surface area contributed by atoms with Gasteiger partial charge in [0, 0.05) is 109 Å². The van der Waals surface area contributed by atoms with Gasteiger partial charge in [-0.15, -0.1) is 0 Å². The summed E-state index contributed by atoms with van der Waals surface area (Å²) in [4.78, 5) is 0. The summed E-state index contributed by atoms with van der Waals surface area (Å²) in [6.45, 7) is 0. The zero-order valence-corrected chi connectivity index (χ0v) is 75.5. The largest absolute Gasteiger partial charge is 0.456 e. The van der Waals surface area contributed by atoms with Crippen LogP contribution in [0.5, 0.6) is 0 Å². The van der Waals surface area contributed by atoms with E-state index in [9.17, 15) is 0 Å². The molecule has 0 saturated heterocycles. The zero-order chi connectivity index (χ0) is 91.5. The number of furan rings is 4. The minimum absolute atomic E-state index is 0.815. The lowest BCUT2D eigenvalue weighted by molar-refractivity contribution is 0.668. The van der Waals surface area contributed by atoms with Crippen LogP contribution in [0.3, 0.4) is 0 Å². The lowest BCUT2D eigenvalue weighted by atomic mass is 9.87. The summed E-state index contributed by atoms with van der Waals surface area (Å²) in [5.41, 5.74) is 40.2. The molecule has 0 N–H and O–H groups in total. The van der Waals surface area contributed by atoms with E-state index in [1.54, 1.807) is 0 Å². The molecule has 0 atom stereocenters. The highest BCUT2D eigenvalue weighted by Crippen LogP contribution is 2.51. The summed E-state index contributed by atoms with van der Waals surface area (Å²) in [6.07, 6.45) is 0. The third kappa shape index (κ3) is 12.1. The number of hydrogen-bond donors (Lipinski definition) is 0. The molecule has 0 radical (unpaired) electrons. The van der Waals surface area contributed by atoms with Crippen LogP contribution in [0.1, 0.15) is 0 Å². The van der Waals surface area contributed by atoms with Gasteiger partial charge in [-0.3, -0.25) is 0 Å². The van der Waals surface area contributed by atoms with Gasteiger partial charge in [0.15, 0.2) is 0 Å². The minimum Gasteiger partial charge on any atom is -0.456 e. The average molecular weight is 1780 g/mol. The van der Waals surface area contributed by atoms with Crippen LogP contribution in [0.25, 0.3) is 298 Å². The van der Waals surface area contributed by atoms with E-state index >= 15 is 0 Å². The molecule has 8 heterocycles. The Labute approximate surface area is 801 Å². The third-order valence-corrected chi connectivity index (χ3v) is 29.6. The molecule has 0 saturated carbocycles. The molecule has 0 aliphatic rings. The fraction of sp³-hybridized carbons (Fsp3) is 0. The molecular formula is C132H78N4O4. The maximum absolute atomic E-state index is 7.07. The van der Waals surface area contributed by atoms with Crippen LogP contribution in [-0.4, -0.2) is 18.3 Å². The Morgan fingerprint density at radius 3 is 0.707 bits per heavy atom. The molecule has 8 heteroatoms. The Morgan fingerprint density at radius 1 is 0.107 bits per heavy atom. The lowest BCUT2D eigenvalue weighted by Gasteiger charge is -2.18. The van der Waals surface area contributed by atoms with Crippen molar-refractivity contribution in [1.82, 2.24) is 18.3 Å². The summed E-state index contributed by atoms with van der Waals surface area (Å²) >= 11 is 0. The van der Waals surface area contributed by atoms with Crippen molar-refractivity contribution >= 4 is 175 Å². The Bertz CT molecular complexity index is 10500. The predicted octanol–water partition coefficient (Wildman–Crippen LogP) is 36.7. The average Bonchev–Trinajstić information content (AvgIpc) is 1.56. The molecule has 0 fully saturated rings. The van der Waals surface area contributed by atoms with E-state index in [4.69, 9.17) is 17.7 Å². The van der Waals surface area contributed by atoms with Crippen LogP contribution in [0.15, 0.2) is 491 Å². The van der Waals surface area contributed by atoms with E-state index in [0.29, 0.717) is 0 Å². The first-order valence-corrected chi connectivity index (χ1v) is 47.9. The van der Waals surface area contributed by atoms with Gasteiger partial charge in [0.1, 0.15) is 44.7 Å². The topological polar surface area (TPSA) is 72.3 Å². The number of nitrogens with zero attached hydrogens (tertiary/aromatic N) is 4. The molecule has 8 nitrogen and oxygen atoms in total. The van der Waals surface area contributed by atoms with Gasteiger partial charge in [-0.25, -0.2) is 0 Å². The molecular weight excluding hydrogens is 1710 g/mol. The normalized spacial score (nSPS) is 12.1. The first-order chi connectivity index (χ1) is 69.3. The fourth-order valence-corrected chi connectivity index (χ4v) is 22.9. The highest BCUT2D eigenvalue weighted by atomic mass is 16.3. The molecule has 0 spiro atoms. The molecule has 0 aliphatic heterocycles. The second-order valence-electron chi connectivity index (χ2n) is 37.3. The lowest BCUT2D eigenvalue weighted by Crippen LogP contribution is -1.97. The van der Waals surface area contributed by atoms with Crippen molar-refractivity contribution in [2.24, 2.45) is 0 Å². The van der Waals surface area contributed by atoms with Gasteiger partial charge in [0.05, 0.1) is 44.1 Å². The fourth-order valence-electron chi connectivity index (χ4n) is 22.9. The first-order valence-electron chi connectivity index (χ1n) is 47.9. The Kier molecular flexibility index (Phi) is 16.8. The number of rotatable bonds is 13. The Hall–Kier alpha value is -18.8. The monoisotopic (exact) mass is 1780 g/mol. The van der Waals surface area contributed by atoms with E-state index in [1.165, 1.54) is 32.8 Å². The minimum atomic E-state index is 0.815. The van der Waals surface area contributed by atoms with Gasteiger partial charge in [-0.05, 0) is 294 Å². The van der Waals surface area contributed by atoms with Gasteiger partial charge in [-0.2, -0.15) is 0 Å². The zero-order valence-electron chi connectivity index (χ0n) is 75.5. The van der Waals surface area contributed by atoms with Crippen molar-refractivity contribution < 1.29 is 17.7 Å². The predicted molar refractivity (Wildman–Crippen MR) is 582 cm³/mol. The Morgan fingerprint density at radius 2 is 0.350 bits per heavy atom. The maximum Gasteiger partial charge on any atom is 0.136 e. The van der Waals surface area contributed by atoms with Gasteiger partial charge in [0.25, 0.3) is 0 Å². The van der Waals surface area contributed by atoms with Gasteiger partial charge in [0.2, 0.25) is 0 Å². The van der Waals surface area contributed by atoms with Crippen LogP contribution in [0.2, 0.25) is 0 Å². The van der Waals surface area contributed by atoms with Crippen molar-refractivity contribution in [3.63, 3.8) is 0 Å². The molecule has 0 unspecified atom stereocenters.